The predicted molar refractivity (Wildman–Crippen MR) is 79.4 cm³/mol. The molecule has 118 valence electrons. The minimum absolute atomic E-state index is 0.285. The molecule has 1 aromatic carbocycles. The Bertz CT molecular complexity index is 479. The van der Waals surface area contributed by atoms with Crippen LogP contribution in [0.15, 0.2) is 18.2 Å². The van der Waals surface area contributed by atoms with Gasteiger partial charge in [0.1, 0.15) is 0 Å². The summed E-state index contributed by atoms with van der Waals surface area (Å²) < 4.78 is 39.7. The Kier molecular flexibility index (Phi) is 4.81. The first-order valence-electron chi connectivity index (χ1n) is 7.42. The molecule has 0 spiro atoms. The van der Waals surface area contributed by atoms with E-state index in [2.05, 4.69) is 19.2 Å². The lowest BCUT2D eigenvalue weighted by Crippen LogP contribution is -2.24. The van der Waals surface area contributed by atoms with Gasteiger partial charge in [0.2, 0.25) is 0 Å². The number of hydrogen-bond acceptors (Lipinski definition) is 2. The van der Waals surface area contributed by atoms with E-state index < -0.39 is 11.7 Å². The third-order valence-electron chi connectivity index (χ3n) is 3.64. The van der Waals surface area contributed by atoms with Gasteiger partial charge in [0.25, 0.3) is 0 Å². The zero-order valence-corrected chi connectivity index (χ0v) is 12.8. The molecule has 1 fully saturated rings. The van der Waals surface area contributed by atoms with E-state index in [0.29, 0.717) is 23.2 Å². The SMILES string of the molecule is CC(C)CN(C)c1ccc(CNC2CC2)c(C(F)(F)F)c1. The fourth-order valence-corrected chi connectivity index (χ4v) is 2.41. The van der Waals surface area contributed by atoms with Crippen molar-refractivity contribution in [3.8, 4) is 0 Å². The monoisotopic (exact) mass is 300 g/mol. The normalized spacial score (nSPS) is 15.6. The average Bonchev–Trinajstić information content (AvgIpc) is 3.18. The minimum atomic E-state index is -4.31. The standard InChI is InChI=1S/C16H23F3N2/c1-11(2)10-21(3)14-7-4-12(9-20-13-5-6-13)15(8-14)16(17,18)19/h4,7-8,11,13,20H,5-6,9-10H2,1-3H3. The highest BCUT2D eigenvalue weighted by molar-refractivity contribution is 5.51. The van der Waals surface area contributed by atoms with Crippen molar-refractivity contribution >= 4 is 5.69 Å². The van der Waals surface area contributed by atoms with Gasteiger partial charge in [-0.3, -0.25) is 0 Å². The molecular weight excluding hydrogens is 277 g/mol. The molecule has 0 aromatic heterocycles. The molecule has 2 rings (SSSR count). The first-order chi connectivity index (χ1) is 9.77. The van der Waals surface area contributed by atoms with Crippen LogP contribution in [0.3, 0.4) is 0 Å². The topological polar surface area (TPSA) is 15.3 Å². The van der Waals surface area contributed by atoms with Crippen molar-refractivity contribution in [1.29, 1.82) is 0 Å². The highest BCUT2D eigenvalue weighted by Crippen LogP contribution is 2.35. The maximum atomic E-state index is 13.2. The Morgan fingerprint density at radius 3 is 2.48 bits per heavy atom. The summed E-state index contributed by atoms with van der Waals surface area (Å²) in [6.07, 6.45) is -2.18. The summed E-state index contributed by atoms with van der Waals surface area (Å²) in [5.41, 5.74) is 0.422. The molecule has 1 aliphatic rings. The Morgan fingerprint density at radius 2 is 1.95 bits per heavy atom. The van der Waals surface area contributed by atoms with E-state index in [0.717, 1.165) is 19.4 Å². The van der Waals surface area contributed by atoms with Crippen molar-refractivity contribution in [3.63, 3.8) is 0 Å². The zero-order chi connectivity index (χ0) is 15.6. The van der Waals surface area contributed by atoms with Gasteiger partial charge in [-0.1, -0.05) is 19.9 Å². The lowest BCUT2D eigenvalue weighted by atomic mass is 10.0. The van der Waals surface area contributed by atoms with Crippen molar-refractivity contribution in [3.05, 3.63) is 29.3 Å². The van der Waals surface area contributed by atoms with Crippen LogP contribution in [-0.4, -0.2) is 19.6 Å². The van der Waals surface area contributed by atoms with Crippen LogP contribution in [-0.2, 0) is 12.7 Å². The van der Waals surface area contributed by atoms with E-state index in [4.69, 9.17) is 0 Å². The summed E-state index contributed by atoms with van der Waals surface area (Å²) in [6.45, 7) is 5.12. The molecule has 0 amide bonds. The van der Waals surface area contributed by atoms with Crippen LogP contribution >= 0.6 is 0 Å². The van der Waals surface area contributed by atoms with Crippen molar-refractivity contribution < 1.29 is 13.2 Å². The van der Waals surface area contributed by atoms with E-state index in [1.54, 1.807) is 12.1 Å². The van der Waals surface area contributed by atoms with E-state index in [-0.39, 0.29) is 6.54 Å². The quantitative estimate of drug-likeness (QED) is 0.852. The van der Waals surface area contributed by atoms with Crippen molar-refractivity contribution in [2.75, 3.05) is 18.5 Å². The molecule has 5 heteroatoms. The Labute approximate surface area is 124 Å². The number of alkyl halides is 3. The van der Waals surface area contributed by atoms with Gasteiger partial charge in [0.05, 0.1) is 5.56 Å². The number of anilines is 1. The second kappa shape index (κ2) is 6.26. The Morgan fingerprint density at radius 1 is 1.29 bits per heavy atom. The van der Waals surface area contributed by atoms with E-state index in [1.807, 2.05) is 11.9 Å². The maximum Gasteiger partial charge on any atom is 0.416 e. The molecule has 1 aliphatic carbocycles. The molecule has 1 N–H and O–H groups in total. The third kappa shape index (κ3) is 4.63. The molecule has 0 atom stereocenters. The Balaban J connectivity index is 2.21. The first kappa shape index (κ1) is 16.1. The Hall–Kier alpha value is -1.23. The van der Waals surface area contributed by atoms with Gasteiger partial charge in [0.15, 0.2) is 0 Å². The molecule has 0 saturated heterocycles. The number of benzene rings is 1. The van der Waals surface area contributed by atoms with Crippen LogP contribution in [0, 0.1) is 5.92 Å². The smallest absolute Gasteiger partial charge is 0.374 e. The highest BCUT2D eigenvalue weighted by atomic mass is 19.4. The molecule has 2 nitrogen and oxygen atoms in total. The maximum absolute atomic E-state index is 13.2. The second-order valence-electron chi connectivity index (χ2n) is 6.27. The molecule has 1 aromatic rings. The summed E-state index contributed by atoms with van der Waals surface area (Å²) in [4.78, 5) is 1.87. The van der Waals surface area contributed by atoms with Gasteiger partial charge in [0, 0.05) is 31.9 Å². The summed E-state index contributed by atoms with van der Waals surface area (Å²) in [5.74, 6) is 0.403. The summed E-state index contributed by atoms with van der Waals surface area (Å²) in [7, 11) is 1.83. The van der Waals surface area contributed by atoms with Crippen molar-refractivity contribution in [2.45, 2.75) is 45.5 Å². The van der Waals surface area contributed by atoms with Gasteiger partial charge in [-0.25, -0.2) is 0 Å². The number of nitrogens with one attached hydrogen (secondary N) is 1. The van der Waals surface area contributed by atoms with E-state index in [9.17, 15) is 13.2 Å². The van der Waals surface area contributed by atoms with Crippen LogP contribution in [0.5, 0.6) is 0 Å². The van der Waals surface area contributed by atoms with Crippen molar-refractivity contribution in [1.82, 2.24) is 5.32 Å². The van der Waals surface area contributed by atoms with Crippen LogP contribution in [0.2, 0.25) is 0 Å². The van der Waals surface area contributed by atoms with Gasteiger partial charge in [-0.05, 0) is 36.5 Å². The fourth-order valence-electron chi connectivity index (χ4n) is 2.41. The fraction of sp³-hybridized carbons (Fsp3) is 0.625. The van der Waals surface area contributed by atoms with Crippen LogP contribution in [0.1, 0.15) is 37.8 Å². The first-order valence-corrected chi connectivity index (χ1v) is 7.42. The number of halogens is 3. The molecule has 1 saturated carbocycles. The molecule has 0 unspecified atom stereocenters. The van der Waals surface area contributed by atoms with Crippen LogP contribution in [0.4, 0.5) is 18.9 Å². The lowest BCUT2D eigenvalue weighted by molar-refractivity contribution is -0.138. The number of rotatable bonds is 6. The molecule has 21 heavy (non-hydrogen) atoms. The third-order valence-corrected chi connectivity index (χ3v) is 3.64. The minimum Gasteiger partial charge on any atom is -0.374 e. The largest absolute Gasteiger partial charge is 0.416 e. The van der Waals surface area contributed by atoms with Gasteiger partial charge in [-0.2, -0.15) is 13.2 Å². The second-order valence-corrected chi connectivity index (χ2v) is 6.27. The van der Waals surface area contributed by atoms with E-state index in [1.165, 1.54) is 6.07 Å². The predicted octanol–water partition coefficient (Wildman–Crippen LogP) is 4.05. The number of nitrogens with zero attached hydrogens (tertiary/aromatic N) is 1. The van der Waals surface area contributed by atoms with E-state index >= 15 is 0 Å². The summed E-state index contributed by atoms with van der Waals surface area (Å²) in [6, 6.07) is 5.05. The number of hydrogen-bond donors (Lipinski definition) is 1. The average molecular weight is 300 g/mol. The van der Waals surface area contributed by atoms with Gasteiger partial charge >= 0.3 is 6.18 Å². The van der Waals surface area contributed by atoms with Crippen molar-refractivity contribution in [2.24, 2.45) is 5.92 Å². The zero-order valence-electron chi connectivity index (χ0n) is 12.8. The molecule has 0 radical (unpaired) electrons. The molecule has 0 heterocycles. The summed E-state index contributed by atoms with van der Waals surface area (Å²) >= 11 is 0. The summed E-state index contributed by atoms with van der Waals surface area (Å²) in [5, 5.41) is 3.15. The van der Waals surface area contributed by atoms with Crippen LogP contribution < -0.4 is 10.2 Å². The van der Waals surface area contributed by atoms with Gasteiger partial charge in [-0.15, -0.1) is 0 Å². The molecular formula is C16H23F3N2. The lowest BCUT2D eigenvalue weighted by Gasteiger charge is -2.23. The van der Waals surface area contributed by atoms with Crippen LogP contribution in [0.25, 0.3) is 0 Å². The van der Waals surface area contributed by atoms with Gasteiger partial charge < -0.3 is 10.2 Å². The molecule has 0 bridgehead atoms. The molecule has 0 aliphatic heterocycles. The highest BCUT2D eigenvalue weighted by Gasteiger charge is 2.34.